The SMILES string of the molecule is CCc1nc(-c2ccc(OC)cc2OC)c(CC)nc1NC(C)CC. The van der Waals surface area contributed by atoms with Gasteiger partial charge in [0.25, 0.3) is 0 Å². The molecule has 2 rings (SSSR count). The first kappa shape index (κ1) is 19.0. The second kappa shape index (κ2) is 8.70. The zero-order valence-electron chi connectivity index (χ0n) is 16.1. The minimum Gasteiger partial charge on any atom is -0.497 e. The molecule has 5 nitrogen and oxygen atoms in total. The fourth-order valence-corrected chi connectivity index (χ4v) is 2.66. The Kier molecular flexibility index (Phi) is 6.62. The smallest absolute Gasteiger partial charge is 0.148 e. The Balaban J connectivity index is 2.58. The molecule has 2 aromatic rings. The van der Waals surface area contributed by atoms with Crippen molar-refractivity contribution in [2.45, 2.75) is 53.0 Å². The van der Waals surface area contributed by atoms with E-state index in [1.54, 1.807) is 14.2 Å². The second-order valence-electron chi connectivity index (χ2n) is 6.04. The largest absolute Gasteiger partial charge is 0.497 e. The predicted molar refractivity (Wildman–Crippen MR) is 103 cm³/mol. The van der Waals surface area contributed by atoms with Crippen LogP contribution in [0.3, 0.4) is 0 Å². The summed E-state index contributed by atoms with van der Waals surface area (Å²) in [4.78, 5) is 9.82. The van der Waals surface area contributed by atoms with Gasteiger partial charge < -0.3 is 14.8 Å². The van der Waals surface area contributed by atoms with Crippen molar-refractivity contribution in [3.05, 3.63) is 29.6 Å². The van der Waals surface area contributed by atoms with Gasteiger partial charge in [-0.05, 0) is 38.3 Å². The third kappa shape index (κ3) is 4.21. The van der Waals surface area contributed by atoms with E-state index in [9.17, 15) is 0 Å². The monoisotopic (exact) mass is 343 g/mol. The molecular weight excluding hydrogens is 314 g/mol. The zero-order chi connectivity index (χ0) is 18.4. The Labute approximate surface area is 150 Å². The zero-order valence-corrected chi connectivity index (χ0v) is 16.1. The van der Waals surface area contributed by atoms with E-state index in [-0.39, 0.29) is 0 Å². The summed E-state index contributed by atoms with van der Waals surface area (Å²) in [6.07, 6.45) is 2.66. The van der Waals surface area contributed by atoms with E-state index in [1.165, 1.54) is 0 Å². The highest BCUT2D eigenvalue weighted by Crippen LogP contribution is 2.35. The van der Waals surface area contributed by atoms with Gasteiger partial charge >= 0.3 is 0 Å². The molecule has 1 unspecified atom stereocenters. The molecule has 25 heavy (non-hydrogen) atoms. The number of nitrogens with one attached hydrogen (secondary N) is 1. The molecule has 0 saturated heterocycles. The van der Waals surface area contributed by atoms with Crippen molar-refractivity contribution in [3.8, 4) is 22.8 Å². The van der Waals surface area contributed by atoms with Crippen molar-refractivity contribution in [2.75, 3.05) is 19.5 Å². The third-order valence-electron chi connectivity index (χ3n) is 4.37. The number of methoxy groups -OCH3 is 2. The molecule has 5 heteroatoms. The van der Waals surface area contributed by atoms with Crippen LogP contribution >= 0.6 is 0 Å². The molecule has 0 aliphatic heterocycles. The fraction of sp³-hybridized carbons (Fsp3) is 0.500. The minimum atomic E-state index is 0.366. The molecule has 1 N–H and O–H groups in total. The molecule has 1 atom stereocenters. The standard InChI is InChI=1S/C20H29N3O2/c1-7-13(4)21-20-17(9-3)22-19(16(8-2)23-20)15-11-10-14(24-5)12-18(15)25-6/h10-13H,7-9H2,1-6H3,(H,21,23). The summed E-state index contributed by atoms with van der Waals surface area (Å²) in [6, 6.07) is 6.16. The van der Waals surface area contributed by atoms with Gasteiger partial charge in [0, 0.05) is 17.7 Å². The highest BCUT2D eigenvalue weighted by atomic mass is 16.5. The summed E-state index contributed by atoms with van der Waals surface area (Å²) in [5.74, 6) is 2.40. The highest BCUT2D eigenvalue weighted by molar-refractivity contribution is 5.71. The summed E-state index contributed by atoms with van der Waals surface area (Å²) >= 11 is 0. The van der Waals surface area contributed by atoms with Gasteiger partial charge in [0.15, 0.2) is 0 Å². The Morgan fingerprint density at radius 1 is 1.00 bits per heavy atom. The molecule has 0 bridgehead atoms. The number of nitrogens with zero attached hydrogens (tertiary/aromatic N) is 2. The molecule has 136 valence electrons. The molecule has 0 aliphatic rings. The van der Waals surface area contributed by atoms with Crippen LogP contribution in [-0.2, 0) is 12.8 Å². The Morgan fingerprint density at radius 3 is 2.28 bits per heavy atom. The molecule has 0 radical (unpaired) electrons. The number of anilines is 1. The van der Waals surface area contributed by atoms with Gasteiger partial charge in [-0.2, -0.15) is 0 Å². The predicted octanol–water partition coefficient (Wildman–Crippen LogP) is 4.50. The topological polar surface area (TPSA) is 56.3 Å². The van der Waals surface area contributed by atoms with Gasteiger partial charge in [0.05, 0.1) is 31.3 Å². The van der Waals surface area contributed by atoms with Crippen LogP contribution in [0.25, 0.3) is 11.3 Å². The maximum absolute atomic E-state index is 5.56. The van der Waals surface area contributed by atoms with Crippen molar-refractivity contribution >= 4 is 5.82 Å². The fourth-order valence-electron chi connectivity index (χ4n) is 2.66. The molecule has 1 heterocycles. The lowest BCUT2D eigenvalue weighted by atomic mass is 10.1. The van der Waals surface area contributed by atoms with E-state index < -0.39 is 0 Å². The summed E-state index contributed by atoms with van der Waals surface area (Å²) in [5.41, 5.74) is 3.77. The van der Waals surface area contributed by atoms with E-state index in [2.05, 4.69) is 33.0 Å². The van der Waals surface area contributed by atoms with Crippen LogP contribution in [0.15, 0.2) is 18.2 Å². The van der Waals surface area contributed by atoms with Crippen molar-refractivity contribution in [1.82, 2.24) is 9.97 Å². The van der Waals surface area contributed by atoms with Crippen molar-refractivity contribution in [2.24, 2.45) is 0 Å². The third-order valence-corrected chi connectivity index (χ3v) is 4.37. The number of benzene rings is 1. The van der Waals surface area contributed by atoms with Gasteiger partial charge in [-0.1, -0.05) is 20.8 Å². The molecule has 1 aromatic carbocycles. The van der Waals surface area contributed by atoms with Crippen LogP contribution in [-0.4, -0.2) is 30.2 Å². The molecule has 0 spiro atoms. The first-order chi connectivity index (χ1) is 12.1. The first-order valence-electron chi connectivity index (χ1n) is 8.96. The highest BCUT2D eigenvalue weighted by Gasteiger charge is 2.17. The number of ether oxygens (including phenoxy) is 2. The minimum absolute atomic E-state index is 0.366. The van der Waals surface area contributed by atoms with Crippen LogP contribution in [0.1, 0.15) is 45.5 Å². The molecule has 1 aromatic heterocycles. The Bertz CT molecular complexity index is 716. The van der Waals surface area contributed by atoms with Gasteiger partial charge in [0.2, 0.25) is 0 Å². The average Bonchev–Trinajstić information content (AvgIpc) is 2.66. The van der Waals surface area contributed by atoms with Crippen LogP contribution in [0, 0.1) is 0 Å². The summed E-state index contributed by atoms with van der Waals surface area (Å²) in [5, 5.41) is 3.49. The summed E-state index contributed by atoms with van der Waals surface area (Å²) in [7, 11) is 3.31. The average molecular weight is 343 g/mol. The lowest BCUT2D eigenvalue weighted by molar-refractivity contribution is 0.395. The molecule has 0 aliphatic carbocycles. The van der Waals surface area contributed by atoms with Crippen LogP contribution < -0.4 is 14.8 Å². The summed E-state index contributed by atoms with van der Waals surface area (Å²) < 4.78 is 10.9. The molecule has 0 amide bonds. The van der Waals surface area contributed by atoms with Crippen LogP contribution in [0.2, 0.25) is 0 Å². The summed E-state index contributed by atoms with van der Waals surface area (Å²) in [6.45, 7) is 8.52. The number of aromatic nitrogens is 2. The number of hydrogen-bond donors (Lipinski definition) is 1. The van der Waals surface area contributed by atoms with E-state index in [4.69, 9.17) is 19.4 Å². The van der Waals surface area contributed by atoms with Crippen molar-refractivity contribution in [3.63, 3.8) is 0 Å². The lowest BCUT2D eigenvalue weighted by Crippen LogP contribution is -2.18. The molecule has 0 saturated carbocycles. The van der Waals surface area contributed by atoms with E-state index >= 15 is 0 Å². The van der Waals surface area contributed by atoms with E-state index in [1.807, 2.05) is 18.2 Å². The van der Waals surface area contributed by atoms with Gasteiger partial charge in [-0.3, -0.25) is 0 Å². The van der Waals surface area contributed by atoms with Gasteiger partial charge in [-0.25, -0.2) is 9.97 Å². The Morgan fingerprint density at radius 2 is 1.72 bits per heavy atom. The quantitative estimate of drug-likeness (QED) is 0.765. The maximum Gasteiger partial charge on any atom is 0.148 e. The number of rotatable bonds is 8. The van der Waals surface area contributed by atoms with Gasteiger partial charge in [-0.15, -0.1) is 0 Å². The lowest BCUT2D eigenvalue weighted by Gasteiger charge is -2.19. The van der Waals surface area contributed by atoms with Crippen molar-refractivity contribution in [1.29, 1.82) is 0 Å². The second-order valence-corrected chi connectivity index (χ2v) is 6.04. The first-order valence-corrected chi connectivity index (χ1v) is 8.96. The molecular formula is C20H29N3O2. The van der Waals surface area contributed by atoms with Crippen LogP contribution in [0.5, 0.6) is 11.5 Å². The normalized spacial score (nSPS) is 11.9. The van der Waals surface area contributed by atoms with Crippen molar-refractivity contribution < 1.29 is 9.47 Å². The Hall–Kier alpha value is -2.30. The number of aryl methyl sites for hydroxylation is 2. The molecule has 0 fully saturated rings. The van der Waals surface area contributed by atoms with E-state index in [0.717, 1.165) is 59.2 Å². The number of hydrogen-bond acceptors (Lipinski definition) is 5. The van der Waals surface area contributed by atoms with Gasteiger partial charge in [0.1, 0.15) is 17.3 Å². The maximum atomic E-state index is 5.56. The van der Waals surface area contributed by atoms with Crippen LogP contribution in [0.4, 0.5) is 5.82 Å². The van der Waals surface area contributed by atoms with E-state index in [0.29, 0.717) is 6.04 Å².